The number of rotatable bonds is 2. The summed E-state index contributed by atoms with van der Waals surface area (Å²) < 4.78 is 43.4. The predicted octanol–water partition coefficient (Wildman–Crippen LogP) is 4.85. The molecule has 2 aliphatic rings. The molecule has 1 unspecified atom stereocenters. The van der Waals surface area contributed by atoms with Crippen molar-refractivity contribution in [2.45, 2.75) is 31.5 Å². The van der Waals surface area contributed by atoms with Gasteiger partial charge in [-0.3, -0.25) is 0 Å². The fourth-order valence-corrected chi connectivity index (χ4v) is 3.75. The van der Waals surface area contributed by atoms with Gasteiger partial charge in [0.05, 0.1) is 5.56 Å². The first-order chi connectivity index (χ1) is 11.8. The first-order valence-corrected chi connectivity index (χ1v) is 8.05. The van der Waals surface area contributed by atoms with E-state index in [1.807, 2.05) is 18.2 Å². The fraction of sp³-hybridized carbons (Fsp3) is 0.316. The van der Waals surface area contributed by atoms with E-state index in [9.17, 15) is 18.0 Å². The van der Waals surface area contributed by atoms with Gasteiger partial charge in [-0.25, -0.2) is 4.79 Å². The number of fused-ring (bicyclic) bond motifs is 1. The molecule has 130 valence electrons. The van der Waals surface area contributed by atoms with Crippen molar-refractivity contribution in [2.24, 2.45) is 11.1 Å². The summed E-state index contributed by atoms with van der Waals surface area (Å²) in [5, 5.41) is 0. The number of carbonyl (C=O) groups excluding carboxylic acids is 1. The van der Waals surface area contributed by atoms with Gasteiger partial charge in [-0.1, -0.05) is 30.3 Å². The molecule has 25 heavy (non-hydrogen) atoms. The molecule has 2 aromatic carbocycles. The van der Waals surface area contributed by atoms with Crippen molar-refractivity contribution in [1.29, 1.82) is 0 Å². The highest BCUT2D eigenvalue weighted by atomic mass is 19.4. The molecule has 1 atom stereocenters. The van der Waals surface area contributed by atoms with Gasteiger partial charge in [0, 0.05) is 5.41 Å². The van der Waals surface area contributed by atoms with Crippen molar-refractivity contribution in [3.05, 3.63) is 59.2 Å². The van der Waals surface area contributed by atoms with E-state index >= 15 is 0 Å². The van der Waals surface area contributed by atoms with Crippen LogP contribution in [0, 0.1) is 5.41 Å². The number of benzene rings is 2. The molecule has 6 heteroatoms. The van der Waals surface area contributed by atoms with E-state index in [1.165, 1.54) is 12.1 Å². The summed E-state index contributed by atoms with van der Waals surface area (Å²) in [4.78, 5) is 11.2. The lowest BCUT2D eigenvalue weighted by Crippen LogP contribution is -2.21. The summed E-state index contributed by atoms with van der Waals surface area (Å²) in [6.45, 7) is 0. The van der Waals surface area contributed by atoms with Gasteiger partial charge < -0.3 is 10.5 Å². The van der Waals surface area contributed by atoms with Crippen LogP contribution in [0.2, 0.25) is 0 Å². The molecular weight excluding hydrogens is 331 g/mol. The number of hydrogen-bond donors (Lipinski definition) is 1. The van der Waals surface area contributed by atoms with Crippen molar-refractivity contribution in [2.75, 3.05) is 0 Å². The second kappa shape index (κ2) is 5.25. The average Bonchev–Trinajstić information content (AvgIpc) is 3.26. The third kappa shape index (κ3) is 2.75. The second-order valence-electron chi connectivity index (χ2n) is 6.84. The van der Waals surface area contributed by atoms with Crippen molar-refractivity contribution < 1.29 is 22.7 Å². The highest BCUT2D eigenvalue weighted by Crippen LogP contribution is 2.63. The van der Waals surface area contributed by atoms with Gasteiger partial charge in [-0.2, -0.15) is 13.2 Å². The Morgan fingerprint density at radius 3 is 2.28 bits per heavy atom. The van der Waals surface area contributed by atoms with Gasteiger partial charge in [-0.15, -0.1) is 0 Å². The van der Waals surface area contributed by atoms with Gasteiger partial charge in [0.25, 0.3) is 0 Å². The SMILES string of the molecule is NC(=O)OC1c2ccc(-c3ccc(C(F)(F)F)cc3)cc2CC12CC2. The number of ether oxygens (including phenoxy) is 1. The van der Waals surface area contributed by atoms with Crippen molar-refractivity contribution in [3.63, 3.8) is 0 Å². The standard InChI is InChI=1S/C19H16F3NO2/c20-19(21,22)14-4-1-11(2-5-14)12-3-6-15-13(9-12)10-18(7-8-18)16(15)25-17(23)24/h1-6,9,16H,7-8,10H2,(H2,23,24). The topological polar surface area (TPSA) is 52.3 Å². The van der Waals surface area contributed by atoms with E-state index in [2.05, 4.69) is 0 Å². The molecule has 2 N–H and O–H groups in total. The number of carbonyl (C=O) groups is 1. The van der Waals surface area contributed by atoms with Gasteiger partial charge >= 0.3 is 12.3 Å². The molecule has 4 rings (SSSR count). The molecule has 1 fully saturated rings. The van der Waals surface area contributed by atoms with Gasteiger partial charge in [-0.05, 0) is 53.6 Å². The maximum atomic E-state index is 12.7. The van der Waals surface area contributed by atoms with E-state index in [-0.39, 0.29) is 11.5 Å². The van der Waals surface area contributed by atoms with E-state index in [4.69, 9.17) is 10.5 Å². The van der Waals surface area contributed by atoms with Crippen LogP contribution in [-0.4, -0.2) is 6.09 Å². The normalized spacial score (nSPS) is 20.4. The van der Waals surface area contributed by atoms with E-state index in [0.717, 1.165) is 53.6 Å². The lowest BCUT2D eigenvalue weighted by molar-refractivity contribution is -0.137. The number of hydrogen-bond acceptors (Lipinski definition) is 2. The molecule has 2 aromatic rings. The Morgan fingerprint density at radius 2 is 1.72 bits per heavy atom. The van der Waals surface area contributed by atoms with Crippen LogP contribution in [0.1, 0.15) is 35.6 Å². The number of primary amides is 1. The Balaban J connectivity index is 1.66. The minimum atomic E-state index is -4.34. The van der Waals surface area contributed by atoms with Crippen LogP contribution in [0.25, 0.3) is 11.1 Å². The maximum Gasteiger partial charge on any atom is 0.416 e. The fourth-order valence-electron chi connectivity index (χ4n) is 3.75. The van der Waals surface area contributed by atoms with Crippen molar-refractivity contribution in [1.82, 2.24) is 0 Å². The molecule has 1 saturated carbocycles. The van der Waals surface area contributed by atoms with E-state index in [0.29, 0.717) is 0 Å². The molecule has 0 radical (unpaired) electrons. The summed E-state index contributed by atoms with van der Waals surface area (Å²) >= 11 is 0. The lowest BCUT2D eigenvalue weighted by atomic mass is 9.99. The monoisotopic (exact) mass is 347 g/mol. The highest BCUT2D eigenvalue weighted by molar-refractivity contribution is 5.68. The smallest absolute Gasteiger partial charge is 0.416 e. The van der Waals surface area contributed by atoms with Crippen LogP contribution >= 0.6 is 0 Å². The summed E-state index contributed by atoms with van der Waals surface area (Å²) in [6, 6.07) is 10.8. The molecule has 0 saturated heterocycles. The quantitative estimate of drug-likeness (QED) is 0.845. The zero-order chi connectivity index (χ0) is 17.8. The Hall–Kier alpha value is -2.50. The molecular formula is C19H16F3NO2. The first-order valence-electron chi connectivity index (χ1n) is 8.05. The largest absolute Gasteiger partial charge is 0.441 e. The third-order valence-corrected chi connectivity index (χ3v) is 5.20. The Bertz CT molecular complexity index is 839. The lowest BCUT2D eigenvalue weighted by Gasteiger charge is -2.18. The van der Waals surface area contributed by atoms with Gasteiger partial charge in [0.1, 0.15) is 6.10 Å². The maximum absolute atomic E-state index is 12.7. The molecule has 2 aliphatic carbocycles. The minimum absolute atomic E-state index is 0.0455. The second-order valence-corrected chi connectivity index (χ2v) is 6.84. The molecule has 0 aliphatic heterocycles. The van der Waals surface area contributed by atoms with Crippen LogP contribution in [0.5, 0.6) is 0 Å². The van der Waals surface area contributed by atoms with Crippen LogP contribution in [0.3, 0.4) is 0 Å². The van der Waals surface area contributed by atoms with Crippen molar-refractivity contribution >= 4 is 6.09 Å². The third-order valence-electron chi connectivity index (χ3n) is 5.20. The number of amides is 1. The first kappa shape index (κ1) is 16.0. The Morgan fingerprint density at radius 1 is 1.08 bits per heavy atom. The minimum Gasteiger partial charge on any atom is -0.441 e. The predicted molar refractivity (Wildman–Crippen MR) is 85.7 cm³/mol. The van der Waals surface area contributed by atoms with E-state index < -0.39 is 17.8 Å². The Labute approximate surface area is 142 Å². The van der Waals surface area contributed by atoms with Crippen molar-refractivity contribution in [3.8, 4) is 11.1 Å². The number of alkyl halides is 3. The summed E-state index contributed by atoms with van der Waals surface area (Å²) in [7, 11) is 0. The Kier molecular flexibility index (Phi) is 3.36. The number of nitrogens with two attached hydrogens (primary N) is 1. The highest BCUT2D eigenvalue weighted by Gasteiger charge is 2.56. The molecule has 1 spiro atoms. The van der Waals surface area contributed by atoms with Crippen LogP contribution in [-0.2, 0) is 17.3 Å². The summed E-state index contributed by atoms with van der Waals surface area (Å²) in [5.74, 6) is 0. The zero-order valence-corrected chi connectivity index (χ0v) is 13.3. The van der Waals surface area contributed by atoms with Gasteiger partial charge in [0.2, 0.25) is 0 Å². The summed E-state index contributed by atoms with van der Waals surface area (Å²) in [5.41, 5.74) is 8.08. The van der Waals surface area contributed by atoms with Crippen LogP contribution in [0.4, 0.5) is 18.0 Å². The number of halogens is 3. The zero-order valence-electron chi connectivity index (χ0n) is 13.3. The van der Waals surface area contributed by atoms with E-state index in [1.54, 1.807) is 0 Å². The molecule has 0 heterocycles. The van der Waals surface area contributed by atoms with Crippen LogP contribution in [0.15, 0.2) is 42.5 Å². The molecule has 3 nitrogen and oxygen atoms in total. The summed E-state index contributed by atoms with van der Waals surface area (Å²) in [6.07, 6.45) is -2.68. The average molecular weight is 347 g/mol. The molecule has 0 aromatic heterocycles. The van der Waals surface area contributed by atoms with Gasteiger partial charge in [0.15, 0.2) is 0 Å². The van der Waals surface area contributed by atoms with Crippen LogP contribution < -0.4 is 5.73 Å². The molecule has 0 bridgehead atoms. The molecule has 1 amide bonds.